The van der Waals surface area contributed by atoms with Crippen LogP contribution in [0.15, 0.2) is 55.4 Å². The maximum absolute atomic E-state index is 11.3. The van der Waals surface area contributed by atoms with Gasteiger partial charge < -0.3 is 28.6 Å². The molecule has 2 heterocycles. The molecule has 0 aliphatic carbocycles. The second-order valence-electron chi connectivity index (χ2n) is 5.06. The van der Waals surface area contributed by atoms with Crippen molar-refractivity contribution in [3.63, 3.8) is 0 Å². The third-order valence-corrected chi connectivity index (χ3v) is 4.03. The molecule has 132 valence electrons. The predicted octanol–water partition coefficient (Wildman–Crippen LogP) is 0.885. The van der Waals surface area contributed by atoms with Crippen LogP contribution in [-0.4, -0.2) is 22.1 Å². The van der Waals surface area contributed by atoms with E-state index in [0.29, 0.717) is 17.2 Å². The number of aromatic carboxylic acids is 1. The molecule has 3 aromatic rings. The zero-order valence-electron chi connectivity index (χ0n) is 13.3. The van der Waals surface area contributed by atoms with Crippen molar-refractivity contribution in [3.05, 3.63) is 58.5 Å². The number of hydrogen-bond donors (Lipinski definition) is 0. The number of carbonyl (C=O) groups is 2. The first-order chi connectivity index (χ1) is 12.4. The van der Waals surface area contributed by atoms with Gasteiger partial charge in [0.05, 0.1) is 11.9 Å². The van der Waals surface area contributed by atoms with Gasteiger partial charge in [0.25, 0.3) is 5.22 Å². The summed E-state index contributed by atoms with van der Waals surface area (Å²) in [7, 11) is 0. The van der Waals surface area contributed by atoms with Crippen molar-refractivity contribution in [2.24, 2.45) is 0 Å². The van der Waals surface area contributed by atoms with Crippen molar-refractivity contribution in [1.29, 1.82) is 0 Å². The minimum atomic E-state index is -1.43. The van der Waals surface area contributed by atoms with Gasteiger partial charge in [-0.05, 0) is 41.6 Å². The van der Waals surface area contributed by atoms with Gasteiger partial charge >= 0.3 is 0 Å². The van der Waals surface area contributed by atoms with Gasteiger partial charge in [-0.15, -0.1) is 10.2 Å². The number of aryl methyl sites for hydroxylation is 1. The van der Waals surface area contributed by atoms with Crippen LogP contribution >= 0.6 is 11.8 Å². The van der Waals surface area contributed by atoms with Crippen LogP contribution < -0.4 is 10.2 Å². The first-order valence-electron chi connectivity index (χ1n) is 7.25. The highest BCUT2D eigenvalue weighted by molar-refractivity contribution is 8.03. The van der Waals surface area contributed by atoms with Gasteiger partial charge in [0.15, 0.2) is 0 Å². The Morgan fingerprint density at radius 3 is 2.58 bits per heavy atom. The van der Waals surface area contributed by atoms with Gasteiger partial charge in [0.1, 0.15) is 11.5 Å². The second-order valence-corrected chi connectivity index (χ2v) is 6.05. The van der Waals surface area contributed by atoms with E-state index in [0.717, 1.165) is 11.8 Å². The number of carboxylic acids is 2. The molecule has 1 aromatic carbocycles. The van der Waals surface area contributed by atoms with Crippen molar-refractivity contribution in [1.82, 2.24) is 10.2 Å². The minimum Gasteiger partial charge on any atom is -0.545 e. The topological polar surface area (TPSA) is 132 Å². The normalized spacial score (nSPS) is 11.5. The molecule has 0 bridgehead atoms. The van der Waals surface area contributed by atoms with E-state index in [9.17, 15) is 19.8 Å². The number of carbonyl (C=O) groups excluding carboxylic acids is 2. The maximum Gasteiger partial charge on any atom is 0.281 e. The lowest BCUT2D eigenvalue weighted by atomic mass is 10.1. The average Bonchev–Trinajstić information content (AvgIpc) is 3.23. The number of nitrogens with zero attached hydrogens (tertiary/aromatic N) is 2. The van der Waals surface area contributed by atoms with Gasteiger partial charge in [-0.1, -0.05) is 18.2 Å². The fraction of sp³-hybridized carbons (Fsp3) is 0.0588. The standard InChI is InChI=1S/C17H12N2O6S/c1-9-18-19-17(24-9)26-14(16(22)23)8-12-5-6-13(25-12)10-3-2-4-11(7-10)15(20)21/h2-8H,1H3,(H,20,21)(H,22,23)/p-2/b14-8+. The van der Waals surface area contributed by atoms with Crippen molar-refractivity contribution in [3.8, 4) is 11.3 Å². The molecule has 0 atom stereocenters. The summed E-state index contributed by atoms with van der Waals surface area (Å²) in [6.45, 7) is 1.58. The Hall–Kier alpha value is -3.33. The van der Waals surface area contributed by atoms with Gasteiger partial charge in [0.2, 0.25) is 5.89 Å². The highest BCUT2D eigenvalue weighted by atomic mass is 32.2. The van der Waals surface area contributed by atoms with E-state index in [1.807, 2.05) is 0 Å². The summed E-state index contributed by atoms with van der Waals surface area (Å²) in [5.74, 6) is -1.82. The SMILES string of the molecule is Cc1nnc(S/C(=C/c2ccc(-c3cccc(C(=O)[O-])c3)o2)C(=O)[O-])o1. The fourth-order valence-corrected chi connectivity index (χ4v) is 2.75. The molecular formula is C17H10N2O6S-2. The Labute approximate surface area is 151 Å². The van der Waals surface area contributed by atoms with Gasteiger partial charge in [0, 0.05) is 17.4 Å². The van der Waals surface area contributed by atoms with E-state index < -0.39 is 11.9 Å². The molecule has 2 aromatic heterocycles. The van der Waals surface area contributed by atoms with Crippen LogP contribution in [-0.2, 0) is 4.79 Å². The molecular weight excluding hydrogens is 360 g/mol. The molecule has 0 saturated carbocycles. The highest BCUT2D eigenvalue weighted by Gasteiger charge is 2.11. The summed E-state index contributed by atoms with van der Waals surface area (Å²) in [5, 5.41) is 29.6. The Bertz CT molecular complexity index is 1000. The molecule has 0 aliphatic heterocycles. The summed E-state index contributed by atoms with van der Waals surface area (Å²) in [6.07, 6.45) is 1.26. The van der Waals surface area contributed by atoms with Gasteiger partial charge in [-0.2, -0.15) is 0 Å². The summed E-state index contributed by atoms with van der Waals surface area (Å²) < 4.78 is 10.7. The zero-order chi connectivity index (χ0) is 18.7. The Balaban J connectivity index is 1.87. The molecule has 0 fully saturated rings. The van der Waals surface area contributed by atoms with Crippen LogP contribution in [0.5, 0.6) is 0 Å². The largest absolute Gasteiger partial charge is 0.545 e. The van der Waals surface area contributed by atoms with Crippen molar-refractivity contribution >= 4 is 29.8 Å². The third kappa shape index (κ3) is 4.01. The summed E-state index contributed by atoms with van der Waals surface area (Å²) >= 11 is 0.737. The predicted molar refractivity (Wildman–Crippen MR) is 86.4 cm³/mol. The fourth-order valence-electron chi connectivity index (χ4n) is 2.06. The molecule has 3 rings (SSSR count). The zero-order valence-corrected chi connectivity index (χ0v) is 14.1. The molecule has 9 heteroatoms. The number of aromatic nitrogens is 2. The monoisotopic (exact) mass is 370 g/mol. The van der Waals surface area contributed by atoms with Crippen LogP contribution in [0.4, 0.5) is 0 Å². The molecule has 0 amide bonds. The Kier molecular flexibility index (Phi) is 4.90. The Morgan fingerprint density at radius 2 is 1.92 bits per heavy atom. The molecule has 26 heavy (non-hydrogen) atoms. The van der Waals surface area contributed by atoms with E-state index in [1.165, 1.54) is 18.2 Å². The van der Waals surface area contributed by atoms with Crippen LogP contribution in [0.25, 0.3) is 17.4 Å². The molecule has 0 spiro atoms. The van der Waals surface area contributed by atoms with Crippen molar-refractivity contribution in [2.75, 3.05) is 0 Å². The first kappa shape index (κ1) is 17.5. The smallest absolute Gasteiger partial charge is 0.281 e. The molecule has 0 saturated heterocycles. The lowest BCUT2D eigenvalue weighted by Crippen LogP contribution is -2.22. The number of benzene rings is 1. The van der Waals surface area contributed by atoms with Crippen LogP contribution in [0, 0.1) is 6.92 Å². The molecule has 0 aliphatic rings. The summed E-state index contributed by atoms with van der Waals surface area (Å²) in [6, 6.07) is 9.16. The number of furan rings is 1. The molecule has 0 unspecified atom stereocenters. The van der Waals surface area contributed by atoms with Gasteiger partial charge in [-0.3, -0.25) is 0 Å². The quantitative estimate of drug-likeness (QED) is 0.458. The highest BCUT2D eigenvalue weighted by Crippen LogP contribution is 2.29. The molecule has 8 nitrogen and oxygen atoms in total. The van der Waals surface area contributed by atoms with Crippen LogP contribution in [0.3, 0.4) is 0 Å². The maximum atomic E-state index is 11.3. The number of thioether (sulfide) groups is 1. The lowest BCUT2D eigenvalue weighted by molar-refractivity contribution is -0.298. The van der Waals surface area contributed by atoms with Crippen molar-refractivity contribution in [2.45, 2.75) is 12.1 Å². The van der Waals surface area contributed by atoms with E-state index in [1.54, 1.807) is 31.2 Å². The lowest BCUT2D eigenvalue weighted by Gasteiger charge is -2.05. The second kappa shape index (κ2) is 7.28. The van der Waals surface area contributed by atoms with Crippen molar-refractivity contribution < 1.29 is 28.6 Å². The minimum absolute atomic E-state index is 0.00809. The van der Waals surface area contributed by atoms with E-state index in [4.69, 9.17) is 8.83 Å². The first-order valence-corrected chi connectivity index (χ1v) is 8.06. The van der Waals surface area contributed by atoms with Gasteiger partial charge in [-0.25, -0.2) is 0 Å². The molecule has 0 radical (unpaired) electrons. The third-order valence-electron chi connectivity index (χ3n) is 3.19. The number of carboxylic acid groups (broad SMARTS) is 2. The van der Waals surface area contributed by atoms with Crippen LogP contribution in [0.2, 0.25) is 0 Å². The number of rotatable bonds is 6. The van der Waals surface area contributed by atoms with E-state index in [2.05, 4.69) is 10.2 Å². The summed E-state index contributed by atoms with van der Waals surface area (Å²) in [5.41, 5.74) is 0.523. The average molecular weight is 370 g/mol. The molecule has 0 N–H and O–H groups in total. The number of hydrogen-bond acceptors (Lipinski definition) is 9. The Morgan fingerprint density at radius 1 is 1.12 bits per heavy atom. The summed E-state index contributed by atoms with van der Waals surface area (Å²) in [4.78, 5) is 22.1. The number of aliphatic carboxylic acids is 1. The van der Waals surface area contributed by atoms with Crippen LogP contribution in [0.1, 0.15) is 22.0 Å². The van der Waals surface area contributed by atoms with E-state index >= 15 is 0 Å². The van der Waals surface area contributed by atoms with E-state index in [-0.39, 0.29) is 21.5 Å².